The van der Waals surface area contributed by atoms with Crippen LogP contribution in [0.1, 0.15) is 12.0 Å². The number of carboxylic acids is 1. The summed E-state index contributed by atoms with van der Waals surface area (Å²) >= 11 is 0. The molecule has 0 aliphatic rings. The number of sulfonamides is 1. The Hall–Kier alpha value is -1.95. The van der Waals surface area contributed by atoms with Crippen LogP contribution in [0.4, 0.5) is 0 Å². The lowest BCUT2D eigenvalue weighted by Gasteiger charge is -2.08. The van der Waals surface area contributed by atoms with E-state index in [0.29, 0.717) is 0 Å². The first-order chi connectivity index (χ1) is 8.86. The Labute approximate surface area is 110 Å². The number of aliphatic hydroxyl groups is 1. The minimum Gasteiger partial charge on any atom is -0.479 e. The van der Waals surface area contributed by atoms with Gasteiger partial charge in [0.1, 0.15) is 0 Å². The standard InChI is InChI=1S/C11H12N2O5S/c12-7-8-2-1-3-9(6-8)19(17,18)13-5-4-10(14)11(15)16/h1-3,6,10,13-14H,4-5H2,(H,15,16). The predicted molar refractivity (Wildman–Crippen MR) is 64.6 cm³/mol. The number of nitriles is 1. The Balaban J connectivity index is 2.71. The molecule has 0 bridgehead atoms. The van der Waals surface area contributed by atoms with Gasteiger partial charge >= 0.3 is 5.97 Å². The monoisotopic (exact) mass is 284 g/mol. The highest BCUT2D eigenvalue weighted by Crippen LogP contribution is 2.10. The van der Waals surface area contributed by atoms with E-state index in [1.54, 1.807) is 0 Å². The molecule has 19 heavy (non-hydrogen) atoms. The summed E-state index contributed by atoms with van der Waals surface area (Å²) in [6.07, 6.45) is -1.86. The van der Waals surface area contributed by atoms with E-state index < -0.39 is 22.1 Å². The fraction of sp³-hybridized carbons (Fsp3) is 0.273. The molecule has 0 spiro atoms. The molecule has 0 aliphatic carbocycles. The van der Waals surface area contributed by atoms with Crippen molar-refractivity contribution in [3.05, 3.63) is 29.8 Å². The average Bonchev–Trinajstić information content (AvgIpc) is 2.38. The van der Waals surface area contributed by atoms with Gasteiger partial charge in [0.15, 0.2) is 6.10 Å². The van der Waals surface area contributed by atoms with Crippen LogP contribution in [-0.4, -0.2) is 37.2 Å². The van der Waals surface area contributed by atoms with Crippen molar-refractivity contribution in [1.82, 2.24) is 4.72 Å². The minimum atomic E-state index is -3.82. The number of aliphatic hydroxyl groups excluding tert-OH is 1. The molecular formula is C11H12N2O5S. The summed E-state index contributed by atoms with van der Waals surface area (Å²) in [5, 5.41) is 26.1. The maximum atomic E-state index is 11.8. The van der Waals surface area contributed by atoms with Crippen molar-refractivity contribution in [2.45, 2.75) is 17.4 Å². The molecule has 102 valence electrons. The summed E-state index contributed by atoms with van der Waals surface area (Å²) in [4.78, 5) is 10.3. The molecule has 1 atom stereocenters. The molecule has 0 heterocycles. The summed E-state index contributed by atoms with van der Waals surface area (Å²) in [7, 11) is -3.82. The molecule has 0 fully saturated rings. The lowest BCUT2D eigenvalue weighted by Crippen LogP contribution is -2.30. The first-order valence-corrected chi connectivity index (χ1v) is 6.76. The van der Waals surface area contributed by atoms with Gasteiger partial charge in [-0.25, -0.2) is 17.9 Å². The lowest BCUT2D eigenvalue weighted by atomic mass is 10.2. The summed E-state index contributed by atoms with van der Waals surface area (Å²) in [6.45, 7) is -0.216. The van der Waals surface area contributed by atoms with E-state index in [2.05, 4.69) is 4.72 Å². The molecule has 0 saturated heterocycles. The molecule has 0 aliphatic heterocycles. The fourth-order valence-corrected chi connectivity index (χ4v) is 2.36. The van der Waals surface area contributed by atoms with Crippen molar-refractivity contribution in [2.24, 2.45) is 0 Å². The second kappa shape index (κ2) is 6.29. The fourth-order valence-electron chi connectivity index (χ4n) is 1.27. The van der Waals surface area contributed by atoms with E-state index in [1.165, 1.54) is 24.3 Å². The predicted octanol–water partition coefficient (Wildman–Crippen LogP) is -0.328. The summed E-state index contributed by atoms with van der Waals surface area (Å²) in [5.41, 5.74) is 0.202. The molecule has 8 heteroatoms. The zero-order valence-electron chi connectivity index (χ0n) is 9.78. The first-order valence-electron chi connectivity index (χ1n) is 5.27. The van der Waals surface area contributed by atoms with Gasteiger partial charge in [-0.05, 0) is 24.6 Å². The summed E-state index contributed by atoms with van der Waals surface area (Å²) in [6, 6.07) is 7.23. The molecule has 1 aromatic carbocycles. The highest BCUT2D eigenvalue weighted by molar-refractivity contribution is 7.89. The molecule has 0 amide bonds. The number of aliphatic carboxylic acids is 1. The summed E-state index contributed by atoms with van der Waals surface area (Å²) < 4.78 is 25.8. The third kappa shape index (κ3) is 4.33. The Morgan fingerprint density at radius 3 is 2.74 bits per heavy atom. The zero-order valence-corrected chi connectivity index (χ0v) is 10.6. The molecule has 7 nitrogen and oxygen atoms in total. The van der Waals surface area contributed by atoms with Crippen LogP contribution in [-0.2, 0) is 14.8 Å². The maximum absolute atomic E-state index is 11.8. The number of hydrogen-bond acceptors (Lipinski definition) is 5. The molecule has 0 radical (unpaired) electrons. The van der Waals surface area contributed by atoms with Gasteiger partial charge in [-0.15, -0.1) is 0 Å². The van der Waals surface area contributed by atoms with Crippen LogP contribution >= 0.6 is 0 Å². The smallest absolute Gasteiger partial charge is 0.332 e. The number of rotatable bonds is 6. The van der Waals surface area contributed by atoms with Crippen LogP contribution in [0.2, 0.25) is 0 Å². The molecule has 1 unspecified atom stereocenters. The van der Waals surface area contributed by atoms with Gasteiger partial charge in [0, 0.05) is 6.54 Å². The number of carboxylic acid groups (broad SMARTS) is 1. The van der Waals surface area contributed by atoms with Crippen LogP contribution in [0.25, 0.3) is 0 Å². The Morgan fingerprint density at radius 2 is 2.16 bits per heavy atom. The minimum absolute atomic E-state index is 0.0867. The Kier molecular flexibility index (Phi) is 5.00. The quantitative estimate of drug-likeness (QED) is 0.656. The van der Waals surface area contributed by atoms with Crippen molar-refractivity contribution in [3.63, 3.8) is 0 Å². The average molecular weight is 284 g/mol. The Morgan fingerprint density at radius 1 is 1.47 bits per heavy atom. The topological polar surface area (TPSA) is 127 Å². The number of nitrogens with zero attached hydrogens (tertiary/aromatic N) is 1. The van der Waals surface area contributed by atoms with Gasteiger partial charge in [0.2, 0.25) is 10.0 Å². The van der Waals surface area contributed by atoms with Crippen LogP contribution in [0.3, 0.4) is 0 Å². The van der Waals surface area contributed by atoms with E-state index in [-0.39, 0.29) is 23.4 Å². The van der Waals surface area contributed by atoms with Gasteiger partial charge in [0.25, 0.3) is 0 Å². The van der Waals surface area contributed by atoms with E-state index in [1.807, 2.05) is 6.07 Å². The number of carbonyl (C=O) groups is 1. The van der Waals surface area contributed by atoms with Gasteiger partial charge in [-0.2, -0.15) is 5.26 Å². The second-order valence-electron chi connectivity index (χ2n) is 3.68. The van der Waals surface area contributed by atoms with Crippen LogP contribution in [0.5, 0.6) is 0 Å². The number of nitrogens with one attached hydrogen (secondary N) is 1. The second-order valence-corrected chi connectivity index (χ2v) is 5.45. The largest absolute Gasteiger partial charge is 0.479 e. The SMILES string of the molecule is N#Cc1cccc(S(=O)(=O)NCCC(O)C(=O)O)c1. The third-order valence-electron chi connectivity index (χ3n) is 2.27. The van der Waals surface area contributed by atoms with E-state index in [9.17, 15) is 13.2 Å². The highest BCUT2D eigenvalue weighted by atomic mass is 32.2. The van der Waals surface area contributed by atoms with Crippen molar-refractivity contribution >= 4 is 16.0 Å². The van der Waals surface area contributed by atoms with Crippen molar-refractivity contribution in [2.75, 3.05) is 6.54 Å². The van der Waals surface area contributed by atoms with Gasteiger partial charge < -0.3 is 10.2 Å². The normalized spacial score (nSPS) is 12.6. The number of benzene rings is 1. The highest BCUT2D eigenvalue weighted by Gasteiger charge is 2.17. The Bertz CT molecular complexity index is 606. The van der Waals surface area contributed by atoms with Crippen molar-refractivity contribution < 1.29 is 23.4 Å². The van der Waals surface area contributed by atoms with Gasteiger partial charge in [-0.3, -0.25) is 0 Å². The van der Waals surface area contributed by atoms with E-state index in [0.717, 1.165) is 0 Å². The molecule has 1 aromatic rings. The molecule has 3 N–H and O–H groups in total. The summed E-state index contributed by atoms with van der Waals surface area (Å²) in [5.74, 6) is -1.41. The maximum Gasteiger partial charge on any atom is 0.332 e. The third-order valence-corrected chi connectivity index (χ3v) is 3.73. The molecule has 1 rings (SSSR count). The molecular weight excluding hydrogens is 272 g/mol. The van der Waals surface area contributed by atoms with Crippen LogP contribution < -0.4 is 4.72 Å². The van der Waals surface area contributed by atoms with Crippen molar-refractivity contribution in [1.29, 1.82) is 5.26 Å². The van der Waals surface area contributed by atoms with Gasteiger partial charge in [0.05, 0.1) is 16.5 Å². The first kappa shape index (κ1) is 15.1. The molecule has 0 saturated carbocycles. The molecule has 0 aromatic heterocycles. The van der Waals surface area contributed by atoms with Crippen molar-refractivity contribution in [3.8, 4) is 6.07 Å². The van der Waals surface area contributed by atoms with E-state index >= 15 is 0 Å². The van der Waals surface area contributed by atoms with Crippen LogP contribution in [0.15, 0.2) is 29.2 Å². The van der Waals surface area contributed by atoms with Crippen LogP contribution in [0, 0.1) is 11.3 Å². The zero-order chi connectivity index (χ0) is 14.5. The van der Waals surface area contributed by atoms with E-state index in [4.69, 9.17) is 15.5 Å². The lowest BCUT2D eigenvalue weighted by molar-refractivity contribution is -0.146. The number of hydrogen-bond donors (Lipinski definition) is 3. The van der Waals surface area contributed by atoms with Gasteiger partial charge in [-0.1, -0.05) is 6.07 Å².